The maximum Gasteiger partial charge on any atom is 0.310 e. The third-order valence-corrected chi connectivity index (χ3v) is 2.46. The van der Waals surface area contributed by atoms with Crippen molar-refractivity contribution in [3.8, 4) is 0 Å². The number of aliphatic carboxylic acids is 1. The van der Waals surface area contributed by atoms with Crippen molar-refractivity contribution in [1.82, 2.24) is 0 Å². The first-order valence-corrected chi connectivity index (χ1v) is 4.88. The lowest BCUT2D eigenvalue weighted by Gasteiger charge is -2.19. The fourth-order valence-electron chi connectivity index (χ4n) is 1.33. The van der Waals surface area contributed by atoms with E-state index in [4.69, 9.17) is 5.11 Å². The van der Waals surface area contributed by atoms with Gasteiger partial charge < -0.3 is 10.2 Å². The van der Waals surface area contributed by atoms with Crippen LogP contribution in [0, 0.1) is 0 Å². The van der Waals surface area contributed by atoms with Crippen molar-refractivity contribution < 1.29 is 15.0 Å². The Labute approximate surface area is 89.4 Å². The lowest BCUT2D eigenvalue weighted by atomic mass is 9.92. The molecule has 3 heteroatoms. The highest BCUT2D eigenvalue weighted by atomic mass is 16.4. The van der Waals surface area contributed by atoms with Crippen LogP contribution in [-0.4, -0.2) is 16.2 Å². The topological polar surface area (TPSA) is 57.5 Å². The molecule has 1 atom stereocenters. The summed E-state index contributed by atoms with van der Waals surface area (Å²) in [6.07, 6.45) is 0. The van der Waals surface area contributed by atoms with Crippen LogP contribution in [0.25, 0.3) is 0 Å². The molecule has 0 amide bonds. The van der Waals surface area contributed by atoms with E-state index in [0.29, 0.717) is 5.56 Å². The summed E-state index contributed by atoms with van der Waals surface area (Å²) in [7, 11) is 0. The van der Waals surface area contributed by atoms with Crippen LogP contribution in [0.5, 0.6) is 0 Å². The van der Waals surface area contributed by atoms with Crippen molar-refractivity contribution in [3.05, 3.63) is 35.4 Å². The highest BCUT2D eigenvalue weighted by molar-refractivity contribution is 5.75. The Bertz CT molecular complexity index is 363. The van der Waals surface area contributed by atoms with Crippen molar-refractivity contribution in [2.45, 2.75) is 32.3 Å². The number of carbonyl (C=O) groups is 1. The quantitative estimate of drug-likeness (QED) is 0.799. The van der Waals surface area contributed by atoms with Gasteiger partial charge in [-0.25, -0.2) is 0 Å². The maximum absolute atomic E-state index is 10.8. The van der Waals surface area contributed by atoms with E-state index in [1.54, 1.807) is 45.0 Å². The van der Waals surface area contributed by atoms with Gasteiger partial charge in [0, 0.05) is 0 Å². The SMILES string of the molecule is C[C@@H](C(=O)O)c1cccc(C(C)(C)O)c1. The van der Waals surface area contributed by atoms with Gasteiger partial charge in [-0.2, -0.15) is 0 Å². The molecule has 1 aromatic rings. The molecule has 0 aliphatic heterocycles. The van der Waals surface area contributed by atoms with Crippen LogP contribution in [-0.2, 0) is 10.4 Å². The number of carboxylic acid groups (broad SMARTS) is 1. The molecule has 0 aliphatic rings. The van der Waals surface area contributed by atoms with E-state index in [0.717, 1.165) is 5.56 Å². The number of rotatable bonds is 3. The van der Waals surface area contributed by atoms with Gasteiger partial charge in [-0.1, -0.05) is 24.3 Å². The van der Waals surface area contributed by atoms with Crippen LogP contribution in [0.2, 0.25) is 0 Å². The average molecular weight is 208 g/mol. The summed E-state index contributed by atoms with van der Waals surface area (Å²) in [5.74, 6) is -1.41. The second-order valence-corrected chi connectivity index (χ2v) is 4.24. The minimum absolute atomic E-state index is 0.549. The Balaban J connectivity index is 3.08. The third-order valence-electron chi connectivity index (χ3n) is 2.46. The maximum atomic E-state index is 10.8. The molecule has 0 spiro atoms. The third kappa shape index (κ3) is 2.80. The molecule has 2 N–H and O–H groups in total. The van der Waals surface area contributed by atoms with Crippen LogP contribution in [0.1, 0.15) is 37.8 Å². The van der Waals surface area contributed by atoms with Crippen molar-refractivity contribution >= 4 is 5.97 Å². The second-order valence-electron chi connectivity index (χ2n) is 4.24. The number of hydrogen-bond acceptors (Lipinski definition) is 2. The molecule has 0 heterocycles. The zero-order valence-corrected chi connectivity index (χ0v) is 9.19. The van der Waals surface area contributed by atoms with Gasteiger partial charge in [0.1, 0.15) is 0 Å². The normalized spacial score (nSPS) is 13.6. The van der Waals surface area contributed by atoms with Gasteiger partial charge in [0.05, 0.1) is 11.5 Å². The van der Waals surface area contributed by atoms with E-state index in [1.165, 1.54) is 0 Å². The molecule has 0 aromatic heterocycles. The summed E-state index contributed by atoms with van der Waals surface area (Å²) in [6, 6.07) is 7.05. The van der Waals surface area contributed by atoms with Gasteiger partial charge in [-0.15, -0.1) is 0 Å². The fraction of sp³-hybridized carbons (Fsp3) is 0.417. The Morgan fingerprint density at radius 1 is 1.40 bits per heavy atom. The lowest BCUT2D eigenvalue weighted by Crippen LogP contribution is -2.16. The highest BCUT2D eigenvalue weighted by Gasteiger charge is 2.19. The van der Waals surface area contributed by atoms with Crippen LogP contribution < -0.4 is 0 Å². The molecule has 82 valence electrons. The van der Waals surface area contributed by atoms with E-state index in [2.05, 4.69) is 0 Å². The Morgan fingerprint density at radius 2 is 2.00 bits per heavy atom. The van der Waals surface area contributed by atoms with Gasteiger partial charge in [0.2, 0.25) is 0 Å². The first kappa shape index (κ1) is 11.7. The number of carboxylic acids is 1. The molecule has 1 rings (SSSR count). The molecule has 0 saturated heterocycles. The van der Waals surface area contributed by atoms with Gasteiger partial charge in [-0.3, -0.25) is 4.79 Å². The molecule has 0 bridgehead atoms. The van der Waals surface area contributed by atoms with Crippen LogP contribution in [0.15, 0.2) is 24.3 Å². The summed E-state index contributed by atoms with van der Waals surface area (Å²) < 4.78 is 0. The number of aliphatic hydroxyl groups is 1. The summed E-state index contributed by atoms with van der Waals surface area (Å²) >= 11 is 0. The number of benzene rings is 1. The Morgan fingerprint density at radius 3 is 2.47 bits per heavy atom. The molecular formula is C12H16O3. The van der Waals surface area contributed by atoms with E-state index in [9.17, 15) is 9.90 Å². The molecule has 0 saturated carbocycles. The van der Waals surface area contributed by atoms with Crippen molar-refractivity contribution in [3.63, 3.8) is 0 Å². The Kier molecular flexibility index (Phi) is 3.15. The minimum atomic E-state index is -0.936. The average Bonchev–Trinajstić information content (AvgIpc) is 2.15. The molecular weight excluding hydrogens is 192 g/mol. The lowest BCUT2D eigenvalue weighted by molar-refractivity contribution is -0.138. The fourth-order valence-corrected chi connectivity index (χ4v) is 1.33. The molecule has 0 radical (unpaired) electrons. The van der Waals surface area contributed by atoms with Crippen molar-refractivity contribution in [1.29, 1.82) is 0 Å². The summed E-state index contributed by atoms with van der Waals surface area (Å²) in [5, 5.41) is 18.7. The monoisotopic (exact) mass is 208 g/mol. The Hall–Kier alpha value is -1.35. The van der Waals surface area contributed by atoms with Crippen LogP contribution in [0.3, 0.4) is 0 Å². The molecule has 15 heavy (non-hydrogen) atoms. The van der Waals surface area contributed by atoms with Crippen LogP contribution >= 0.6 is 0 Å². The van der Waals surface area contributed by atoms with Gasteiger partial charge in [-0.05, 0) is 31.9 Å². The van der Waals surface area contributed by atoms with E-state index in [-0.39, 0.29) is 0 Å². The molecule has 1 aromatic carbocycles. The smallest absolute Gasteiger partial charge is 0.310 e. The largest absolute Gasteiger partial charge is 0.481 e. The standard InChI is InChI=1S/C12H16O3/c1-8(11(13)14)9-5-4-6-10(7-9)12(2,3)15/h4-8,15H,1-3H3,(H,13,14)/t8-/m1/s1. The summed E-state index contributed by atoms with van der Waals surface area (Å²) in [6.45, 7) is 4.99. The first-order chi connectivity index (χ1) is 6.82. The predicted molar refractivity (Wildman–Crippen MR) is 57.7 cm³/mol. The number of hydrogen-bond donors (Lipinski definition) is 2. The summed E-state index contributed by atoms with van der Waals surface area (Å²) in [4.78, 5) is 10.8. The molecule has 0 unspecified atom stereocenters. The van der Waals surface area contributed by atoms with Crippen molar-refractivity contribution in [2.75, 3.05) is 0 Å². The minimum Gasteiger partial charge on any atom is -0.481 e. The van der Waals surface area contributed by atoms with E-state index < -0.39 is 17.5 Å². The van der Waals surface area contributed by atoms with E-state index >= 15 is 0 Å². The van der Waals surface area contributed by atoms with Crippen molar-refractivity contribution in [2.24, 2.45) is 0 Å². The zero-order valence-electron chi connectivity index (χ0n) is 9.19. The first-order valence-electron chi connectivity index (χ1n) is 4.88. The van der Waals surface area contributed by atoms with E-state index in [1.807, 2.05) is 0 Å². The second kappa shape index (κ2) is 4.03. The van der Waals surface area contributed by atoms with Gasteiger partial charge in [0.15, 0.2) is 0 Å². The molecule has 3 nitrogen and oxygen atoms in total. The molecule has 0 aliphatic carbocycles. The van der Waals surface area contributed by atoms with Gasteiger partial charge >= 0.3 is 5.97 Å². The van der Waals surface area contributed by atoms with Gasteiger partial charge in [0.25, 0.3) is 0 Å². The predicted octanol–water partition coefficient (Wildman–Crippen LogP) is 2.10. The van der Waals surface area contributed by atoms with Crippen LogP contribution in [0.4, 0.5) is 0 Å². The zero-order chi connectivity index (χ0) is 11.6. The molecule has 0 fully saturated rings. The summed E-state index contributed by atoms with van der Waals surface area (Å²) in [5.41, 5.74) is 0.504. The highest BCUT2D eigenvalue weighted by Crippen LogP contribution is 2.24.